The molecule has 0 saturated carbocycles. The number of nitrogens with two attached hydrogens (primary N) is 1. The van der Waals surface area contributed by atoms with Crippen molar-refractivity contribution in [3.05, 3.63) is 45.2 Å². The first-order chi connectivity index (χ1) is 9.43. The van der Waals surface area contributed by atoms with Gasteiger partial charge in [0.25, 0.3) is 0 Å². The van der Waals surface area contributed by atoms with E-state index in [4.69, 9.17) is 10.5 Å². The van der Waals surface area contributed by atoms with Crippen molar-refractivity contribution in [3.63, 3.8) is 0 Å². The maximum atomic E-state index is 6.01. The minimum atomic E-state index is 0.00588. The maximum Gasteiger partial charge on any atom is 0.133 e. The molecule has 0 aliphatic heterocycles. The fraction of sp³-hybridized carbons (Fsp3) is 0.400. The number of aromatic nitrogens is 2. The van der Waals surface area contributed by atoms with Crippen LogP contribution in [0.2, 0.25) is 0 Å². The van der Waals surface area contributed by atoms with Gasteiger partial charge in [-0.2, -0.15) is 5.10 Å². The summed E-state index contributed by atoms with van der Waals surface area (Å²) in [6.07, 6.45) is 0. The molecule has 0 amide bonds. The van der Waals surface area contributed by atoms with E-state index in [0.717, 1.165) is 33.7 Å². The first-order valence-electron chi connectivity index (χ1n) is 6.56. The molecule has 108 valence electrons. The third kappa shape index (κ3) is 2.88. The summed E-state index contributed by atoms with van der Waals surface area (Å²) in [5.74, 6) is 0.832. The average molecular weight is 338 g/mol. The fourth-order valence-corrected chi connectivity index (χ4v) is 3.09. The highest BCUT2D eigenvalue weighted by molar-refractivity contribution is 9.10. The summed E-state index contributed by atoms with van der Waals surface area (Å²) < 4.78 is 8.20. The lowest BCUT2D eigenvalue weighted by molar-refractivity contribution is 0.412. The van der Waals surface area contributed by atoms with Crippen LogP contribution in [0.15, 0.2) is 22.7 Å². The molecule has 2 aromatic rings. The molecule has 2 rings (SSSR count). The van der Waals surface area contributed by atoms with Gasteiger partial charge in [-0.15, -0.1) is 0 Å². The molecule has 1 heterocycles. The van der Waals surface area contributed by atoms with Gasteiger partial charge >= 0.3 is 0 Å². The molecule has 0 fully saturated rings. The van der Waals surface area contributed by atoms with Crippen LogP contribution in [-0.2, 0) is 6.54 Å². The van der Waals surface area contributed by atoms with Crippen LogP contribution in [0.4, 0.5) is 0 Å². The second-order valence-electron chi connectivity index (χ2n) is 5.00. The van der Waals surface area contributed by atoms with Crippen molar-refractivity contribution < 1.29 is 4.74 Å². The first-order valence-corrected chi connectivity index (χ1v) is 7.35. The number of methoxy groups -OCH3 is 1. The Hall–Kier alpha value is -1.33. The minimum Gasteiger partial charge on any atom is -0.496 e. The second-order valence-corrected chi connectivity index (χ2v) is 5.85. The molecule has 0 aliphatic carbocycles. The third-order valence-corrected chi connectivity index (χ3v) is 4.06. The number of ether oxygens (including phenoxy) is 1. The van der Waals surface area contributed by atoms with E-state index in [9.17, 15) is 0 Å². The lowest BCUT2D eigenvalue weighted by Gasteiger charge is -2.09. The second kappa shape index (κ2) is 5.97. The molecule has 5 heteroatoms. The Kier molecular flexibility index (Phi) is 4.50. The van der Waals surface area contributed by atoms with Crippen molar-refractivity contribution in [3.8, 4) is 5.75 Å². The molecule has 0 radical (unpaired) electrons. The summed E-state index contributed by atoms with van der Waals surface area (Å²) in [6.45, 7) is 6.79. The average Bonchev–Trinajstić information content (AvgIpc) is 2.64. The van der Waals surface area contributed by atoms with E-state index in [-0.39, 0.29) is 6.04 Å². The van der Waals surface area contributed by atoms with Crippen LogP contribution in [0.25, 0.3) is 0 Å². The van der Waals surface area contributed by atoms with Crippen molar-refractivity contribution in [1.29, 1.82) is 0 Å². The quantitative estimate of drug-likeness (QED) is 0.930. The van der Waals surface area contributed by atoms with Crippen LogP contribution < -0.4 is 10.5 Å². The zero-order chi connectivity index (χ0) is 14.9. The van der Waals surface area contributed by atoms with Gasteiger partial charge in [-0.05, 0) is 54.4 Å². The molecule has 0 aliphatic rings. The number of benzene rings is 1. The third-order valence-electron chi connectivity index (χ3n) is 3.44. The summed E-state index contributed by atoms with van der Waals surface area (Å²) in [7, 11) is 1.66. The summed E-state index contributed by atoms with van der Waals surface area (Å²) in [5.41, 5.74) is 10.4. The zero-order valence-electron chi connectivity index (χ0n) is 12.3. The summed E-state index contributed by atoms with van der Waals surface area (Å²) in [4.78, 5) is 0. The summed E-state index contributed by atoms with van der Waals surface area (Å²) >= 11 is 3.51. The van der Waals surface area contributed by atoms with Gasteiger partial charge < -0.3 is 10.5 Å². The van der Waals surface area contributed by atoms with Gasteiger partial charge in [0.05, 0.1) is 23.8 Å². The topological polar surface area (TPSA) is 53.1 Å². The van der Waals surface area contributed by atoms with Crippen LogP contribution in [-0.4, -0.2) is 16.9 Å². The molecule has 20 heavy (non-hydrogen) atoms. The van der Waals surface area contributed by atoms with Crippen molar-refractivity contribution in [1.82, 2.24) is 9.78 Å². The SMILES string of the molecule is COc1ccc(Cn2nc(C)c(C(C)N)c2C)cc1Br. The van der Waals surface area contributed by atoms with Gasteiger partial charge in [0, 0.05) is 17.3 Å². The van der Waals surface area contributed by atoms with Crippen molar-refractivity contribution in [2.45, 2.75) is 33.4 Å². The van der Waals surface area contributed by atoms with Gasteiger partial charge in [0.2, 0.25) is 0 Å². The Labute approximate surface area is 128 Å². The molecule has 1 unspecified atom stereocenters. The largest absolute Gasteiger partial charge is 0.496 e. The number of rotatable bonds is 4. The van der Waals surface area contributed by atoms with E-state index in [0.29, 0.717) is 0 Å². The summed E-state index contributed by atoms with van der Waals surface area (Å²) in [5, 5.41) is 4.59. The Balaban J connectivity index is 2.31. The molecule has 1 aromatic carbocycles. The molecular formula is C15H20BrN3O. The molecule has 1 atom stereocenters. The predicted molar refractivity (Wildman–Crippen MR) is 84.1 cm³/mol. The van der Waals surface area contributed by atoms with Crippen LogP contribution in [0.5, 0.6) is 5.75 Å². The number of halogens is 1. The Morgan fingerprint density at radius 3 is 2.60 bits per heavy atom. The van der Waals surface area contributed by atoms with E-state index < -0.39 is 0 Å². The molecule has 0 saturated heterocycles. The Morgan fingerprint density at radius 1 is 1.40 bits per heavy atom. The van der Waals surface area contributed by atoms with Gasteiger partial charge in [0.1, 0.15) is 5.75 Å². The number of hydrogen-bond donors (Lipinski definition) is 1. The van der Waals surface area contributed by atoms with Crippen molar-refractivity contribution >= 4 is 15.9 Å². The van der Waals surface area contributed by atoms with Crippen LogP contribution >= 0.6 is 15.9 Å². The first kappa shape index (κ1) is 15.1. The van der Waals surface area contributed by atoms with E-state index in [1.807, 2.05) is 30.7 Å². The van der Waals surface area contributed by atoms with Crippen LogP contribution in [0.3, 0.4) is 0 Å². The highest BCUT2D eigenvalue weighted by atomic mass is 79.9. The molecule has 0 bridgehead atoms. The molecule has 0 spiro atoms. The van der Waals surface area contributed by atoms with Crippen LogP contribution in [0, 0.1) is 13.8 Å². The lowest BCUT2D eigenvalue weighted by atomic mass is 10.1. The minimum absolute atomic E-state index is 0.00588. The van der Waals surface area contributed by atoms with E-state index >= 15 is 0 Å². The van der Waals surface area contributed by atoms with Gasteiger partial charge in [-0.3, -0.25) is 4.68 Å². The number of aryl methyl sites for hydroxylation is 1. The van der Waals surface area contributed by atoms with E-state index in [1.165, 1.54) is 5.56 Å². The molecule has 2 N–H and O–H groups in total. The van der Waals surface area contributed by atoms with Crippen molar-refractivity contribution in [2.75, 3.05) is 7.11 Å². The maximum absolute atomic E-state index is 6.01. The predicted octanol–water partition coefficient (Wildman–Crippen LogP) is 3.34. The Morgan fingerprint density at radius 2 is 2.10 bits per heavy atom. The monoisotopic (exact) mass is 337 g/mol. The molecule has 4 nitrogen and oxygen atoms in total. The van der Waals surface area contributed by atoms with Gasteiger partial charge in [-0.25, -0.2) is 0 Å². The number of nitrogens with zero attached hydrogens (tertiary/aromatic N) is 2. The standard InChI is InChI=1S/C15H20BrN3O/c1-9(17)15-10(2)18-19(11(15)3)8-12-5-6-14(20-4)13(16)7-12/h5-7,9H,8,17H2,1-4H3. The fourth-order valence-electron chi connectivity index (χ4n) is 2.50. The number of hydrogen-bond acceptors (Lipinski definition) is 3. The normalized spacial score (nSPS) is 12.5. The van der Waals surface area contributed by atoms with Gasteiger partial charge in [-0.1, -0.05) is 6.07 Å². The van der Waals surface area contributed by atoms with E-state index in [2.05, 4.69) is 34.0 Å². The zero-order valence-corrected chi connectivity index (χ0v) is 13.9. The Bertz CT molecular complexity index is 620. The highest BCUT2D eigenvalue weighted by Gasteiger charge is 2.15. The molecular weight excluding hydrogens is 318 g/mol. The van der Waals surface area contributed by atoms with E-state index in [1.54, 1.807) is 7.11 Å². The molecule has 1 aromatic heterocycles. The lowest BCUT2D eigenvalue weighted by Crippen LogP contribution is -2.09. The highest BCUT2D eigenvalue weighted by Crippen LogP contribution is 2.26. The van der Waals surface area contributed by atoms with Gasteiger partial charge in [0.15, 0.2) is 0 Å². The summed E-state index contributed by atoms with van der Waals surface area (Å²) in [6, 6.07) is 6.07. The smallest absolute Gasteiger partial charge is 0.133 e. The van der Waals surface area contributed by atoms with Crippen molar-refractivity contribution in [2.24, 2.45) is 5.73 Å². The van der Waals surface area contributed by atoms with Crippen LogP contribution in [0.1, 0.15) is 35.5 Å².